The maximum absolute atomic E-state index is 5.71. The molecule has 0 saturated carbocycles. The highest BCUT2D eigenvalue weighted by molar-refractivity contribution is 5.27. The molecule has 0 amide bonds. The number of rotatable bonds is 13. The third-order valence-electron chi connectivity index (χ3n) is 3.74. The largest absolute Gasteiger partial charge is 0.492 e. The third kappa shape index (κ3) is 10.4. The van der Waals surface area contributed by atoms with Crippen molar-refractivity contribution in [3.63, 3.8) is 0 Å². The average molecular weight is 291 g/mol. The Morgan fingerprint density at radius 3 is 2.33 bits per heavy atom. The first-order valence-electron chi connectivity index (χ1n) is 8.73. The monoisotopic (exact) mass is 291 g/mol. The highest BCUT2D eigenvalue weighted by atomic mass is 16.5. The van der Waals surface area contributed by atoms with Crippen LogP contribution in [0, 0.1) is 6.92 Å². The van der Waals surface area contributed by atoms with E-state index in [0.29, 0.717) is 0 Å². The highest BCUT2D eigenvalue weighted by Gasteiger charge is 1.94. The number of unbranched alkanes of at least 4 members (excludes halogenated alkanes) is 7. The van der Waals surface area contributed by atoms with Gasteiger partial charge in [-0.15, -0.1) is 0 Å². The van der Waals surface area contributed by atoms with Gasteiger partial charge in [-0.05, 0) is 37.6 Å². The molecule has 1 aromatic rings. The zero-order valence-corrected chi connectivity index (χ0v) is 14.0. The van der Waals surface area contributed by atoms with Crippen molar-refractivity contribution in [1.29, 1.82) is 0 Å². The Labute approximate surface area is 131 Å². The van der Waals surface area contributed by atoms with E-state index >= 15 is 0 Å². The van der Waals surface area contributed by atoms with E-state index in [1.165, 1.54) is 56.9 Å². The molecule has 120 valence electrons. The number of hydrogen-bond donors (Lipinski definition) is 1. The molecule has 0 unspecified atom stereocenters. The first-order chi connectivity index (χ1) is 10.3. The van der Waals surface area contributed by atoms with Gasteiger partial charge in [0.05, 0.1) is 0 Å². The molecule has 0 radical (unpaired) electrons. The van der Waals surface area contributed by atoms with Crippen molar-refractivity contribution < 1.29 is 4.74 Å². The molecule has 2 heteroatoms. The zero-order chi connectivity index (χ0) is 15.2. The second-order valence-electron chi connectivity index (χ2n) is 5.89. The molecule has 0 heterocycles. The van der Waals surface area contributed by atoms with Crippen molar-refractivity contribution in [2.45, 2.75) is 65.2 Å². The van der Waals surface area contributed by atoms with Gasteiger partial charge in [-0.25, -0.2) is 0 Å². The molecule has 21 heavy (non-hydrogen) atoms. The number of nitrogens with one attached hydrogen (secondary N) is 1. The van der Waals surface area contributed by atoms with E-state index in [1.807, 2.05) is 12.1 Å². The zero-order valence-electron chi connectivity index (χ0n) is 14.0. The molecule has 0 aliphatic rings. The number of hydrogen-bond acceptors (Lipinski definition) is 2. The van der Waals surface area contributed by atoms with Gasteiger partial charge in [0.15, 0.2) is 0 Å². The normalized spacial score (nSPS) is 10.8. The Morgan fingerprint density at radius 2 is 1.62 bits per heavy atom. The molecule has 1 N–H and O–H groups in total. The van der Waals surface area contributed by atoms with Gasteiger partial charge in [-0.3, -0.25) is 0 Å². The molecule has 0 aromatic heterocycles. The van der Waals surface area contributed by atoms with Crippen LogP contribution in [0.1, 0.15) is 63.9 Å². The summed E-state index contributed by atoms with van der Waals surface area (Å²) in [5, 5.41) is 3.46. The van der Waals surface area contributed by atoms with E-state index in [-0.39, 0.29) is 0 Å². The second kappa shape index (κ2) is 12.7. The smallest absolute Gasteiger partial charge is 0.119 e. The quantitative estimate of drug-likeness (QED) is 0.510. The number of benzene rings is 1. The van der Waals surface area contributed by atoms with E-state index < -0.39 is 0 Å². The van der Waals surface area contributed by atoms with E-state index in [1.54, 1.807) is 0 Å². The Hall–Kier alpha value is -1.02. The SMILES string of the molecule is CCCCCCCCCCNCCOc1cccc(C)c1. The molecular formula is C19H33NO. The summed E-state index contributed by atoms with van der Waals surface area (Å²) in [6.07, 6.45) is 11.0. The lowest BCUT2D eigenvalue weighted by atomic mass is 10.1. The molecule has 0 spiro atoms. The summed E-state index contributed by atoms with van der Waals surface area (Å²) in [6.45, 7) is 7.17. The van der Waals surface area contributed by atoms with Crippen molar-refractivity contribution in [3.8, 4) is 5.75 Å². The summed E-state index contributed by atoms with van der Waals surface area (Å²) in [7, 11) is 0. The molecule has 1 rings (SSSR count). The van der Waals surface area contributed by atoms with Crippen LogP contribution in [0.3, 0.4) is 0 Å². The van der Waals surface area contributed by atoms with Crippen molar-refractivity contribution >= 4 is 0 Å². The highest BCUT2D eigenvalue weighted by Crippen LogP contribution is 2.11. The summed E-state index contributed by atoms with van der Waals surface area (Å²) in [5.74, 6) is 0.976. The Balaban J connectivity index is 1.82. The molecule has 2 nitrogen and oxygen atoms in total. The van der Waals surface area contributed by atoms with Crippen LogP contribution in [0.25, 0.3) is 0 Å². The van der Waals surface area contributed by atoms with Gasteiger partial charge in [0.25, 0.3) is 0 Å². The molecule has 0 aliphatic carbocycles. The lowest BCUT2D eigenvalue weighted by molar-refractivity contribution is 0.313. The van der Waals surface area contributed by atoms with Gasteiger partial charge < -0.3 is 10.1 Å². The summed E-state index contributed by atoms with van der Waals surface area (Å²) in [5.41, 5.74) is 1.25. The van der Waals surface area contributed by atoms with Gasteiger partial charge in [0.1, 0.15) is 12.4 Å². The van der Waals surface area contributed by atoms with E-state index in [4.69, 9.17) is 4.74 Å². The number of ether oxygens (including phenoxy) is 1. The summed E-state index contributed by atoms with van der Waals surface area (Å²) < 4.78 is 5.71. The second-order valence-corrected chi connectivity index (χ2v) is 5.89. The molecule has 0 saturated heterocycles. The van der Waals surface area contributed by atoms with Gasteiger partial charge in [-0.1, -0.05) is 64.0 Å². The van der Waals surface area contributed by atoms with Crippen molar-refractivity contribution in [1.82, 2.24) is 5.32 Å². The predicted molar refractivity (Wildman–Crippen MR) is 92.2 cm³/mol. The lowest BCUT2D eigenvalue weighted by Crippen LogP contribution is -2.22. The Kier molecular flexibility index (Phi) is 10.9. The molecule has 0 atom stereocenters. The fourth-order valence-electron chi connectivity index (χ4n) is 2.46. The average Bonchev–Trinajstić information content (AvgIpc) is 2.48. The third-order valence-corrected chi connectivity index (χ3v) is 3.74. The Bertz CT molecular complexity index is 351. The van der Waals surface area contributed by atoms with Crippen LogP contribution in [0.15, 0.2) is 24.3 Å². The van der Waals surface area contributed by atoms with Gasteiger partial charge in [0, 0.05) is 6.54 Å². The first-order valence-corrected chi connectivity index (χ1v) is 8.73. The number of aryl methyl sites for hydroxylation is 1. The van der Waals surface area contributed by atoms with E-state index in [2.05, 4.69) is 31.3 Å². The van der Waals surface area contributed by atoms with Crippen LogP contribution in [0.5, 0.6) is 5.75 Å². The fraction of sp³-hybridized carbons (Fsp3) is 0.684. The van der Waals surface area contributed by atoms with E-state index in [0.717, 1.165) is 25.4 Å². The lowest BCUT2D eigenvalue weighted by Gasteiger charge is -2.08. The minimum atomic E-state index is 0.750. The molecular weight excluding hydrogens is 258 g/mol. The maximum atomic E-state index is 5.71. The van der Waals surface area contributed by atoms with Crippen LogP contribution >= 0.6 is 0 Å². The molecule has 0 aliphatic heterocycles. The van der Waals surface area contributed by atoms with Gasteiger partial charge in [0.2, 0.25) is 0 Å². The summed E-state index contributed by atoms with van der Waals surface area (Å²) >= 11 is 0. The minimum absolute atomic E-state index is 0.750. The van der Waals surface area contributed by atoms with Crippen molar-refractivity contribution in [2.24, 2.45) is 0 Å². The van der Waals surface area contributed by atoms with E-state index in [9.17, 15) is 0 Å². The van der Waals surface area contributed by atoms with Crippen LogP contribution in [-0.4, -0.2) is 19.7 Å². The Morgan fingerprint density at radius 1 is 0.905 bits per heavy atom. The van der Waals surface area contributed by atoms with Crippen LogP contribution in [0.4, 0.5) is 0 Å². The molecule has 1 aromatic carbocycles. The topological polar surface area (TPSA) is 21.3 Å². The van der Waals surface area contributed by atoms with Crippen LogP contribution < -0.4 is 10.1 Å². The predicted octanol–water partition coefficient (Wildman–Crippen LogP) is 5.10. The standard InChI is InChI=1S/C19H33NO/c1-3-4-5-6-7-8-9-10-14-20-15-16-21-19-13-11-12-18(2)17-19/h11-13,17,20H,3-10,14-16H2,1-2H3. The molecule has 0 fully saturated rings. The van der Waals surface area contributed by atoms with Crippen LogP contribution in [0.2, 0.25) is 0 Å². The minimum Gasteiger partial charge on any atom is -0.492 e. The van der Waals surface area contributed by atoms with Crippen LogP contribution in [-0.2, 0) is 0 Å². The first kappa shape index (κ1) is 18.0. The molecule has 0 bridgehead atoms. The fourth-order valence-corrected chi connectivity index (χ4v) is 2.46. The summed E-state index contributed by atoms with van der Waals surface area (Å²) in [6, 6.07) is 8.23. The maximum Gasteiger partial charge on any atom is 0.119 e. The van der Waals surface area contributed by atoms with Crippen molar-refractivity contribution in [2.75, 3.05) is 19.7 Å². The van der Waals surface area contributed by atoms with Gasteiger partial charge >= 0.3 is 0 Å². The summed E-state index contributed by atoms with van der Waals surface area (Å²) in [4.78, 5) is 0. The van der Waals surface area contributed by atoms with Gasteiger partial charge in [-0.2, -0.15) is 0 Å². The van der Waals surface area contributed by atoms with Crippen molar-refractivity contribution in [3.05, 3.63) is 29.8 Å².